The summed E-state index contributed by atoms with van der Waals surface area (Å²) >= 11 is 11.9. The molecule has 0 amide bonds. The number of fused-ring (bicyclic) bond motifs is 2. The van der Waals surface area contributed by atoms with Crippen LogP contribution >= 0.6 is 23.2 Å². The van der Waals surface area contributed by atoms with E-state index >= 15 is 0 Å². The predicted molar refractivity (Wildman–Crippen MR) is 71.0 cm³/mol. The lowest BCUT2D eigenvalue weighted by Crippen LogP contribution is -2.35. The van der Waals surface area contributed by atoms with Crippen molar-refractivity contribution in [1.29, 1.82) is 0 Å². The van der Waals surface area contributed by atoms with Gasteiger partial charge in [0.05, 0.1) is 16.9 Å². The monoisotopic (exact) mass is 271 g/mol. The average molecular weight is 272 g/mol. The summed E-state index contributed by atoms with van der Waals surface area (Å²) < 4.78 is 0. The maximum Gasteiger partial charge on any atom is 0.147 e. The molecule has 5 heteroatoms. The van der Waals surface area contributed by atoms with E-state index in [1.807, 2.05) is 12.3 Å². The minimum Gasteiger partial charge on any atom is -0.369 e. The Labute approximate surface area is 111 Å². The number of hydrogen-bond acceptors (Lipinski definition) is 3. The molecule has 0 unspecified atom stereocenters. The zero-order valence-electron chi connectivity index (χ0n) is 9.50. The van der Waals surface area contributed by atoms with E-state index in [0.717, 1.165) is 18.8 Å². The summed E-state index contributed by atoms with van der Waals surface area (Å²) in [5.41, 5.74) is 1.08. The quantitative estimate of drug-likeness (QED) is 0.797. The minimum atomic E-state index is 0.380. The van der Waals surface area contributed by atoms with Crippen LogP contribution in [0.2, 0.25) is 10.2 Å². The van der Waals surface area contributed by atoms with Crippen LogP contribution in [0, 0.1) is 0 Å². The van der Waals surface area contributed by atoms with Crippen LogP contribution in [0.15, 0.2) is 12.3 Å². The third-order valence-electron chi connectivity index (χ3n) is 3.67. The highest BCUT2D eigenvalue weighted by atomic mass is 35.5. The second-order valence-corrected chi connectivity index (χ2v) is 5.60. The van der Waals surface area contributed by atoms with Gasteiger partial charge >= 0.3 is 0 Å². The first-order chi connectivity index (χ1) is 8.22. The lowest BCUT2D eigenvalue weighted by atomic mass is 10.1. The minimum absolute atomic E-state index is 0.380. The van der Waals surface area contributed by atoms with Crippen molar-refractivity contribution in [2.24, 2.45) is 0 Å². The fourth-order valence-electron chi connectivity index (χ4n) is 2.76. The van der Waals surface area contributed by atoms with Gasteiger partial charge in [0.1, 0.15) is 5.15 Å². The van der Waals surface area contributed by atoms with Gasteiger partial charge in [-0.1, -0.05) is 23.2 Å². The van der Waals surface area contributed by atoms with Crippen molar-refractivity contribution in [3.05, 3.63) is 22.4 Å². The molecular formula is C12H15Cl2N3. The molecule has 2 aliphatic heterocycles. The molecule has 1 N–H and O–H groups in total. The topological polar surface area (TPSA) is 28.2 Å². The summed E-state index contributed by atoms with van der Waals surface area (Å²) in [5, 5.41) is 4.57. The van der Waals surface area contributed by atoms with E-state index in [0.29, 0.717) is 22.3 Å². The smallest absolute Gasteiger partial charge is 0.147 e. The summed E-state index contributed by atoms with van der Waals surface area (Å²) in [5.74, 6) is 0. The Morgan fingerprint density at radius 1 is 1.24 bits per heavy atom. The molecule has 2 aliphatic rings. The molecule has 3 heterocycles. The van der Waals surface area contributed by atoms with Gasteiger partial charge in [-0.15, -0.1) is 0 Å². The number of nitrogens with one attached hydrogen (secondary N) is 1. The highest BCUT2D eigenvalue weighted by Gasteiger charge is 2.29. The Morgan fingerprint density at radius 3 is 2.88 bits per heavy atom. The van der Waals surface area contributed by atoms with Gasteiger partial charge in [-0.05, 0) is 25.3 Å². The second kappa shape index (κ2) is 4.63. The standard InChI is InChI=1S/C12H15Cl2N3/c13-11-5-10(6-15-12(11)14)17-4-3-8-1-2-9(7-17)16-8/h5-6,8-9,16H,1-4,7H2/t8-,9+/m1/s1. The van der Waals surface area contributed by atoms with Crippen LogP contribution in [-0.2, 0) is 0 Å². The molecule has 3 nitrogen and oxygen atoms in total. The summed E-state index contributed by atoms with van der Waals surface area (Å²) in [4.78, 5) is 6.47. The SMILES string of the molecule is Clc1cc(N2CC[C@H]3CC[C@@H](C2)N3)cnc1Cl. The van der Waals surface area contributed by atoms with Crippen LogP contribution in [0.25, 0.3) is 0 Å². The molecule has 1 aromatic heterocycles. The van der Waals surface area contributed by atoms with Gasteiger partial charge in [0.2, 0.25) is 0 Å². The van der Waals surface area contributed by atoms with E-state index in [9.17, 15) is 0 Å². The fraction of sp³-hybridized carbons (Fsp3) is 0.583. The fourth-order valence-corrected chi connectivity index (χ4v) is 3.03. The summed E-state index contributed by atoms with van der Waals surface area (Å²) in [6.07, 6.45) is 5.60. The Bertz CT molecular complexity index is 424. The molecule has 3 rings (SSSR count). The van der Waals surface area contributed by atoms with Crippen molar-refractivity contribution in [2.45, 2.75) is 31.3 Å². The molecule has 92 valence electrons. The molecule has 0 saturated carbocycles. The van der Waals surface area contributed by atoms with Gasteiger partial charge in [0.15, 0.2) is 0 Å². The predicted octanol–water partition coefficient (Wildman–Crippen LogP) is 2.72. The van der Waals surface area contributed by atoms with Crippen LogP contribution in [0.5, 0.6) is 0 Å². The first-order valence-electron chi connectivity index (χ1n) is 6.04. The molecule has 0 spiro atoms. The van der Waals surface area contributed by atoms with Gasteiger partial charge in [-0.25, -0.2) is 4.98 Å². The van der Waals surface area contributed by atoms with Crippen molar-refractivity contribution in [2.75, 3.05) is 18.0 Å². The highest BCUT2D eigenvalue weighted by Crippen LogP contribution is 2.28. The normalized spacial score (nSPS) is 28.2. The average Bonchev–Trinajstić information content (AvgIpc) is 2.63. The van der Waals surface area contributed by atoms with Crippen molar-refractivity contribution < 1.29 is 0 Å². The van der Waals surface area contributed by atoms with E-state index < -0.39 is 0 Å². The van der Waals surface area contributed by atoms with E-state index in [1.165, 1.54) is 19.3 Å². The second-order valence-electron chi connectivity index (χ2n) is 4.84. The number of nitrogens with zero attached hydrogens (tertiary/aromatic N) is 2. The van der Waals surface area contributed by atoms with Crippen molar-refractivity contribution >= 4 is 28.9 Å². The van der Waals surface area contributed by atoms with Crippen LogP contribution in [0.3, 0.4) is 0 Å². The van der Waals surface area contributed by atoms with Crippen LogP contribution in [0.1, 0.15) is 19.3 Å². The molecule has 0 aromatic carbocycles. The molecule has 0 radical (unpaired) electrons. The molecule has 1 aromatic rings. The lowest BCUT2D eigenvalue weighted by molar-refractivity contribution is 0.563. The van der Waals surface area contributed by atoms with Gasteiger partial charge in [-0.2, -0.15) is 0 Å². The van der Waals surface area contributed by atoms with E-state index in [4.69, 9.17) is 23.2 Å². The Hall–Kier alpha value is -0.510. The number of hydrogen-bond donors (Lipinski definition) is 1. The molecule has 2 fully saturated rings. The number of aromatic nitrogens is 1. The molecule has 2 bridgehead atoms. The summed E-state index contributed by atoms with van der Waals surface area (Å²) in [6, 6.07) is 3.22. The van der Waals surface area contributed by atoms with Crippen molar-refractivity contribution in [3.8, 4) is 0 Å². The Morgan fingerprint density at radius 2 is 2.06 bits per heavy atom. The number of halogens is 2. The maximum atomic E-state index is 6.02. The molecule has 17 heavy (non-hydrogen) atoms. The van der Waals surface area contributed by atoms with Gasteiger partial charge in [0.25, 0.3) is 0 Å². The van der Waals surface area contributed by atoms with Crippen molar-refractivity contribution in [3.63, 3.8) is 0 Å². The molecular weight excluding hydrogens is 257 g/mol. The van der Waals surface area contributed by atoms with Gasteiger partial charge in [0, 0.05) is 25.2 Å². The number of pyridine rings is 1. The van der Waals surface area contributed by atoms with Crippen LogP contribution in [-0.4, -0.2) is 30.2 Å². The molecule has 2 atom stereocenters. The zero-order chi connectivity index (χ0) is 11.8. The number of anilines is 1. The maximum absolute atomic E-state index is 6.02. The van der Waals surface area contributed by atoms with Crippen LogP contribution < -0.4 is 10.2 Å². The summed E-state index contributed by atoms with van der Waals surface area (Å²) in [6.45, 7) is 2.10. The van der Waals surface area contributed by atoms with E-state index in [-0.39, 0.29) is 0 Å². The molecule has 0 aliphatic carbocycles. The largest absolute Gasteiger partial charge is 0.369 e. The third kappa shape index (κ3) is 2.37. The van der Waals surface area contributed by atoms with Gasteiger partial charge < -0.3 is 10.2 Å². The van der Waals surface area contributed by atoms with E-state index in [1.54, 1.807) is 0 Å². The number of rotatable bonds is 1. The summed E-state index contributed by atoms with van der Waals surface area (Å²) in [7, 11) is 0. The lowest BCUT2D eigenvalue weighted by Gasteiger charge is -2.26. The molecule has 2 saturated heterocycles. The van der Waals surface area contributed by atoms with Gasteiger partial charge in [-0.3, -0.25) is 0 Å². The third-order valence-corrected chi connectivity index (χ3v) is 4.36. The zero-order valence-corrected chi connectivity index (χ0v) is 11.0. The Kier molecular flexibility index (Phi) is 3.16. The Balaban J connectivity index is 1.81. The first kappa shape index (κ1) is 11.6. The first-order valence-corrected chi connectivity index (χ1v) is 6.80. The highest BCUT2D eigenvalue weighted by molar-refractivity contribution is 6.41. The van der Waals surface area contributed by atoms with E-state index in [2.05, 4.69) is 15.2 Å². The van der Waals surface area contributed by atoms with Crippen molar-refractivity contribution in [1.82, 2.24) is 10.3 Å². The van der Waals surface area contributed by atoms with Crippen LogP contribution in [0.4, 0.5) is 5.69 Å².